The zero-order valence-corrected chi connectivity index (χ0v) is 17.6. The van der Waals surface area contributed by atoms with Crippen molar-refractivity contribution < 1.29 is 27.4 Å². The number of carbonyl (C=O) groups is 1. The molecule has 0 saturated carbocycles. The summed E-state index contributed by atoms with van der Waals surface area (Å²) >= 11 is 1.64. The van der Waals surface area contributed by atoms with Crippen LogP contribution in [0.15, 0.2) is 42.6 Å². The first-order valence-corrected chi connectivity index (χ1v) is 10.7. The molecule has 1 aliphatic rings. The van der Waals surface area contributed by atoms with Gasteiger partial charge in [-0.1, -0.05) is 18.2 Å². The van der Waals surface area contributed by atoms with Gasteiger partial charge >= 0.3 is 6.18 Å². The minimum Gasteiger partial charge on any atom is -0.475 e. The zero-order chi connectivity index (χ0) is 22.0. The molecule has 1 saturated heterocycles. The van der Waals surface area contributed by atoms with Crippen LogP contribution in [0.4, 0.5) is 13.2 Å². The van der Waals surface area contributed by atoms with Gasteiger partial charge in [0, 0.05) is 28.4 Å². The molecule has 3 aromatic rings. The third-order valence-electron chi connectivity index (χ3n) is 5.23. The van der Waals surface area contributed by atoms with Crippen LogP contribution in [0.3, 0.4) is 0 Å². The summed E-state index contributed by atoms with van der Waals surface area (Å²) in [5.74, 6) is 0.108. The summed E-state index contributed by atoms with van der Waals surface area (Å²) in [5.41, 5.74) is 0.303. The summed E-state index contributed by atoms with van der Waals surface area (Å²) in [6.45, 7) is 3.38. The van der Waals surface area contributed by atoms with Gasteiger partial charge in [-0.2, -0.15) is 13.2 Å². The molecule has 31 heavy (non-hydrogen) atoms. The summed E-state index contributed by atoms with van der Waals surface area (Å²) in [7, 11) is 0. The Hall–Kier alpha value is -2.65. The van der Waals surface area contributed by atoms with Crippen LogP contribution in [0.5, 0.6) is 5.88 Å². The highest BCUT2D eigenvalue weighted by molar-refractivity contribution is 7.19. The lowest BCUT2D eigenvalue weighted by Crippen LogP contribution is -2.48. The van der Waals surface area contributed by atoms with Crippen LogP contribution in [-0.4, -0.2) is 48.2 Å². The molecule has 164 valence electrons. The van der Waals surface area contributed by atoms with Crippen LogP contribution in [0, 0.1) is 6.92 Å². The maximum Gasteiger partial charge on any atom is 0.417 e. The van der Waals surface area contributed by atoms with Gasteiger partial charge in [-0.05, 0) is 30.0 Å². The first-order chi connectivity index (χ1) is 14.8. The smallest absolute Gasteiger partial charge is 0.417 e. The van der Waals surface area contributed by atoms with Crippen LogP contribution in [0.25, 0.3) is 10.1 Å². The van der Waals surface area contributed by atoms with Gasteiger partial charge in [0.05, 0.1) is 25.1 Å². The number of ether oxygens (including phenoxy) is 2. The predicted octanol–water partition coefficient (Wildman–Crippen LogP) is 4.47. The van der Waals surface area contributed by atoms with E-state index in [1.54, 1.807) is 16.2 Å². The maximum absolute atomic E-state index is 12.9. The van der Waals surface area contributed by atoms with Crippen molar-refractivity contribution in [3.8, 4) is 5.88 Å². The van der Waals surface area contributed by atoms with E-state index in [0.717, 1.165) is 22.7 Å². The fourth-order valence-corrected chi connectivity index (χ4v) is 4.70. The standard InChI is InChI=1S/C22H21F3N2O3S/c1-14-17-4-2-3-5-18(17)31-19(14)10-21(28)27-8-9-29-16(12-27)13-30-20-7-6-15(11-26-20)22(23,24)25/h2-7,11,16H,8-10,12-13H2,1H3. The van der Waals surface area contributed by atoms with Gasteiger partial charge in [-0.3, -0.25) is 4.79 Å². The zero-order valence-electron chi connectivity index (χ0n) is 16.8. The second kappa shape index (κ2) is 8.84. The van der Waals surface area contributed by atoms with E-state index >= 15 is 0 Å². The Labute approximate surface area is 181 Å². The normalized spacial score (nSPS) is 17.2. The molecule has 0 aliphatic carbocycles. The second-order valence-electron chi connectivity index (χ2n) is 7.35. The number of thiophene rings is 1. The Morgan fingerprint density at radius 1 is 1.29 bits per heavy atom. The van der Waals surface area contributed by atoms with E-state index in [2.05, 4.69) is 17.1 Å². The lowest BCUT2D eigenvalue weighted by Gasteiger charge is -2.32. The van der Waals surface area contributed by atoms with Gasteiger partial charge in [0.2, 0.25) is 11.8 Å². The quantitative estimate of drug-likeness (QED) is 0.576. The molecule has 1 aromatic carbocycles. The third-order valence-corrected chi connectivity index (χ3v) is 6.50. The van der Waals surface area contributed by atoms with Gasteiger partial charge in [-0.15, -0.1) is 11.3 Å². The number of pyridine rings is 1. The van der Waals surface area contributed by atoms with Crippen molar-refractivity contribution in [2.45, 2.75) is 25.6 Å². The van der Waals surface area contributed by atoms with Gasteiger partial charge < -0.3 is 14.4 Å². The van der Waals surface area contributed by atoms with Crippen molar-refractivity contribution in [3.63, 3.8) is 0 Å². The summed E-state index contributed by atoms with van der Waals surface area (Å²) in [6.07, 6.45) is -3.74. The van der Waals surface area contributed by atoms with E-state index in [0.29, 0.717) is 26.1 Å². The monoisotopic (exact) mass is 450 g/mol. The number of carbonyl (C=O) groups excluding carboxylic acids is 1. The molecule has 1 amide bonds. The Kier molecular flexibility index (Phi) is 6.15. The molecule has 9 heteroatoms. The lowest BCUT2D eigenvalue weighted by molar-refractivity contribution is -0.139. The number of hydrogen-bond donors (Lipinski definition) is 0. The summed E-state index contributed by atoms with van der Waals surface area (Å²) in [4.78, 5) is 19.4. The Morgan fingerprint density at radius 3 is 2.81 bits per heavy atom. The van der Waals surface area contributed by atoms with Crippen molar-refractivity contribution in [1.29, 1.82) is 0 Å². The van der Waals surface area contributed by atoms with Gasteiger partial charge in [0.15, 0.2) is 0 Å². The molecule has 1 atom stereocenters. The first kappa shape index (κ1) is 21.6. The molecule has 0 bridgehead atoms. The van der Waals surface area contributed by atoms with Crippen LogP contribution >= 0.6 is 11.3 Å². The van der Waals surface area contributed by atoms with E-state index in [9.17, 15) is 18.0 Å². The van der Waals surface area contributed by atoms with Crippen LogP contribution in [-0.2, 0) is 22.1 Å². The first-order valence-electron chi connectivity index (χ1n) is 9.83. The topological polar surface area (TPSA) is 51.7 Å². The maximum atomic E-state index is 12.9. The molecule has 3 heterocycles. The molecule has 1 fully saturated rings. The highest BCUT2D eigenvalue weighted by atomic mass is 32.1. The highest BCUT2D eigenvalue weighted by Gasteiger charge is 2.31. The number of amides is 1. The predicted molar refractivity (Wildman–Crippen MR) is 111 cm³/mol. The van der Waals surface area contributed by atoms with Gasteiger partial charge in [0.1, 0.15) is 12.7 Å². The van der Waals surface area contributed by atoms with Gasteiger partial charge in [-0.25, -0.2) is 4.98 Å². The number of hydrogen-bond acceptors (Lipinski definition) is 5. The number of halogens is 3. The molecule has 0 N–H and O–H groups in total. The van der Waals surface area contributed by atoms with E-state index in [1.807, 2.05) is 19.1 Å². The molecule has 1 aliphatic heterocycles. The number of aryl methyl sites for hydroxylation is 1. The SMILES string of the molecule is Cc1c(CC(=O)N2CCOC(COc3ccc(C(F)(F)F)cn3)C2)sc2ccccc12. The number of morpholine rings is 1. The molecule has 1 unspecified atom stereocenters. The van der Waals surface area contributed by atoms with Crippen molar-refractivity contribution >= 4 is 27.3 Å². The summed E-state index contributed by atoms with van der Waals surface area (Å²) < 4.78 is 50.2. The average Bonchev–Trinajstić information content (AvgIpc) is 3.07. The molecule has 5 nitrogen and oxygen atoms in total. The third kappa shape index (κ3) is 4.99. The fraction of sp³-hybridized carbons (Fsp3) is 0.364. The summed E-state index contributed by atoms with van der Waals surface area (Å²) in [6, 6.07) is 10.2. The molecule has 4 rings (SSSR count). The number of alkyl halides is 3. The number of fused-ring (bicyclic) bond motifs is 1. The number of benzene rings is 1. The molecular weight excluding hydrogens is 429 g/mol. The number of nitrogens with zero attached hydrogens (tertiary/aromatic N) is 2. The molecule has 0 spiro atoms. The largest absolute Gasteiger partial charge is 0.475 e. The molecular formula is C22H21F3N2O3S. The van der Waals surface area contributed by atoms with E-state index in [1.165, 1.54) is 16.2 Å². The average molecular weight is 450 g/mol. The van der Waals surface area contributed by atoms with Gasteiger partial charge in [0.25, 0.3) is 0 Å². The Balaban J connectivity index is 1.33. The van der Waals surface area contributed by atoms with Crippen molar-refractivity contribution in [2.75, 3.05) is 26.3 Å². The minimum absolute atomic E-state index is 0.0237. The fourth-order valence-electron chi connectivity index (χ4n) is 3.50. The van der Waals surface area contributed by atoms with Crippen LogP contribution in [0.1, 0.15) is 16.0 Å². The van der Waals surface area contributed by atoms with Crippen molar-refractivity contribution in [3.05, 3.63) is 58.6 Å². The highest BCUT2D eigenvalue weighted by Crippen LogP contribution is 2.31. The van der Waals surface area contributed by atoms with E-state index in [4.69, 9.17) is 9.47 Å². The van der Waals surface area contributed by atoms with Crippen LogP contribution in [0.2, 0.25) is 0 Å². The Morgan fingerprint density at radius 2 is 2.10 bits per heavy atom. The number of rotatable bonds is 5. The Bertz CT molecular complexity index is 1070. The minimum atomic E-state index is -4.44. The van der Waals surface area contributed by atoms with E-state index in [-0.39, 0.29) is 24.5 Å². The van der Waals surface area contributed by atoms with E-state index < -0.39 is 11.7 Å². The lowest BCUT2D eigenvalue weighted by atomic mass is 10.1. The summed E-state index contributed by atoms with van der Waals surface area (Å²) in [5, 5.41) is 1.17. The van der Waals surface area contributed by atoms with Crippen molar-refractivity contribution in [1.82, 2.24) is 9.88 Å². The number of aromatic nitrogens is 1. The molecule has 2 aromatic heterocycles. The second-order valence-corrected chi connectivity index (χ2v) is 8.49. The molecule has 0 radical (unpaired) electrons. The van der Waals surface area contributed by atoms with Crippen molar-refractivity contribution in [2.24, 2.45) is 0 Å². The van der Waals surface area contributed by atoms with Crippen LogP contribution < -0.4 is 4.74 Å².